The Hall–Kier alpha value is -2.44. The molecule has 0 radical (unpaired) electrons. The highest BCUT2D eigenvalue weighted by atomic mass is 19.1. The number of hydrogen-bond donors (Lipinski definition) is 2. The van der Waals surface area contributed by atoms with E-state index in [0.717, 1.165) is 59.9 Å². The van der Waals surface area contributed by atoms with Gasteiger partial charge in [0.15, 0.2) is 0 Å². The van der Waals surface area contributed by atoms with Crippen LogP contribution in [0.1, 0.15) is 27.8 Å². The second-order valence-corrected chi connectivity index (χ2v) is 7.73. The van der Waals surface area contributed by atoms with Gasteiger partial charge in [-0.2, -0.15) is 0 Å². The van der Waals surface area contributed by atoms with Crippen LogP contribution in [0.25, 0.3) is 11.0 Å². The average Bonchev–Trinajstić information content (AvgIpc) is 3.04. The van der Waals surface area contributed by atoms with E-state index >= 15 is 0 Å². The van der Waals surface area contributed by atoms with Gasteiger partial charge in [0, 0.05) is 31.7 Å². The fourth-order valence-corrected chi connectivity index (χ4v) is 4.13. The van der Waals surface area contributed by atoms with E-state index in [2.05, 4.69) is 20.9 Å². The third-order valence-electron chi connectivity index (χ3n) is 5.46. The van der Waals surface area contributed by atoms with Crippen molar-refractivity contribution in [1.82, 2.24) is 14.9 Å². The van der Waals surface area contributed by atoms with Crippen LogP contribution in [0.4, 0.5) is 10.3 Å². The van der Waals surface area contributed by atoms with E-state index in [1.165, 1.54) is 0 Å². The molecule has 0 atom stereocenters. The van der Waals surface area contributed by atoms with Gasteiger partial charge < -0.3 is 19.9 Å². The van der Waals surface area contributed by atoms with E-state index in [4.69, 9.17) is 4.98 Å². The van der Waals surface area contributed by atoms with E-state index < -0.39 is 0 Å². The zero-order valence-electron chi connectivity index (χ0n) is 16.7. The van der Waals surface area contributed by atoms with Gasteiger partial charge in [0.2, 0.25) is 5.95 Å². The maximum atomic E-state index is 14.1. The van der Waals surface area contributed by atoms with Crippen LogP contribution in [-0.4, -0.2) is 40.8 Å². The molecule has 1 saturated heterocycles. The number of anilines is 1. The number of benzene rings is 2. The molecule has 5 nitrogen and oxygen atoms in total. The van der Waals surface area contributed by atoms with Crippen LogP contribution in [0.5, 0.6) is 0 Å². The van der Waals surface area contributed by atoms with E-state index in [0.29, 0.717) is 17.7 Å². The topological polar surface area (TPSA) is 53.3 Å². The molecule has 0 saturated carbocycles. The minimum atomic E-state index is -0.139. The predicted molar refractivity (Wildman–Crippen MR) is 110 cm³/mol. The van der Waals surface area contributed by atoms with Crippen LogP contribution in [0.3, 0.4) is 0 Å². The zero-order chi connectivity index (χ0) is 19.8. The first kappa shape index (κ1) is 18.9. The van der Waals surface area contributed by atoms with Crippen molar-refractivity contribution >= 4 is 17.0 Å². The van der Waals surface area contributed by atoms with Gasteiger partial charge in [0.05, 0.1) is 24.2 Å². The fourth-order valence-electron chi connectivity index (χ4n) is 4.13. The number of aliphatic hydroxyl groups is 1. The Morgan fingerprint density at radius 3 is 2.39 bits per heavy atom. The quantitative estimate of drug-likeness (QED) is 0.728. The third kappa shape index (κ3) is 3.38. The molecule has 1 aromatic heterocycles. The van der Waals surface area contributed by atoms with Crippen molar-refractivity contribution in [3.05, 3.63) is 57.9 Å². The summed E-state index contributed by atoms with van der Waals surface area (Å²) in [7, 11) is 0. The minimum absolute atomic E-state index is 0.0368. The zero-order valence-corrected chi connectivity index (χ0v) is 16.7. The molecule has 0 aliphatic carbocycles. The van der Waals surface area contributed by atoms with Gasteiger partial charge in [-0.15, -0.1) is 0 Å². The Bertz CT molecular complexity index is 998. The molecule has 0 spiro atoms. The van der Waals surface area contributed by atoms with Crippen molar-refractivity contribution in [1.29, 1.82) is 0 Å². The molecule has 28 heavy (non-hydrogen) atoms. The average molecular weight is 382 g/mol. The number of aromatic nitrogens is 2. The number of fused-ring (bicyclic) bond motifs is 1. The van der Waals surface area contributed by atoms with Crippen LogP contribution in [0.15, 0.2) is 24.3 Å². The summed E-state index contributed by atoms with van der Waals surface area (Å²) < 4.78 is 16.3. The fraction of sp³-hybridized carbons (Fsp3) is 0.409. The van der Waals surface area contributed by atoms with Gasteiger partial charge in [-0.1, -0.05) is 18.2 Å². The number of rotatable bonds is 4. The molecular weight excluding hydrogens is 355 g/mol. The van der Waals surface area contributed by atoms with E-state index in [1.807, 2.05) is 39.0 Å². The Morgan fingerprint density at radius 1 is 1.07 bits per heavy atom. The van der Waals surface area contributed by atoms with E-state index in [1.54, 1.807) is 0 Å². The lowest BCUT2D eigenvalue weighted by molar-refractivity contribution is 0.283. The molecule has 1 aliphatic rings. The smallest absolute Gasteiger partial charge is 0.206 e. The first-order valence-corrected chi connectivity index (χ1v) is 9.80. The van der Waals surface area contributed by atoms with Crippen molar-refractivity contribution in [3.8, 4) is 0 Å². The largest absolute Gasteiger partial charge is 0.392 e. The van der Waals surface area contributed by atoms with Gasteiger partial charge >= 0.3 is 0 Å². The molecule has 2 N–H and O–H groups in total. The molecule has 0 bridgehead atoms. The van der Waals surface area contributed by atoms with Crippen molar-refractivity contribution < 1.29 is 9.50 Å². The van der Waals surface area contributed by atoms with Crippen LogP contribution in [0.2, 0.25) is 0 Å². The van der Waals surface area contributed by atoms with Crippen LogP contribution >= 0.6 is 0 Å². The summed E-state index contributed by atoms with van der Waals surface area (Å²) in [6, 6.07) is 7.95. The Balaban J connectivity index is 1.87. The molecular formula is C22H27FN4O. The van der Waals surface area contributed by atoms with Gasteiger partial charge in [-0.05, 0) is 49.1 Å². The molecule has 2 heterocycles. The van der Waals surface area contributed by atoms with Gasteiger partial charge in [-0.25, -0.2) is 9.37 Å². The number of nitrogens with one attached hydrogen (secondary N) is 1. The maximum absolute atomic E-state index is 14.1. The lowest BCUT2D eigenvalue weighted by atomic mass is 10.1. The summed E-state index contributed by atoms with van der Waals surface area (Å²) in [5, 5.41) is 13.2. The summed E-state index contributed by atoms with van der Waals surface area (Å²) in [5.41, 5.74) is 6.17. The summed E-state index contributed by atoms with van der Waals surface area (Å²) in [4.78, 5) is 7.22. The molecule has 3 aromatic rings. The standard InChI is InChI=1S/C22H27FN4O/c1-14-8-18(13-28)21-19(9-14)27(22(25-21)26-6-4-24-5-7-26)12-17-10-15(2)20(23)16(3)11-17/h8-11,24,28H,4-7,12-13H2,1-3H3. The highest BCUT2D eigenvalue weighted by molar-refractivity contribution is 5.83. The van der Waals surface area contributed by atoms with E-state index in [-0.39, 0.29) is 12.4 Å². The first-order valence-electron chi connectivity index (χ1n) is 9.80. The van der Waals surface area contributed by atoms with Gasteiger partial charge in [0.25, 0.3) is 0 Å². The van der Waals surface area contributed by atoms with Crippen molar-refractivity contribution in [2.24, 2.45) is 0 Å². The number of aliphatic hydroxyl groups excluding tert-OH is 1. The molecule has 1 aliphatic heterocycles. The van der Waals surface area contributed by atoms with Crippen LogP contribution in [-0.2, 0) is 13.2 Å². The van der Waals surface area contributed by atoms with E-state index in [9.17, 15) is 9.50 Å². The van der Waals surface area contributed by atoms with Gasteiger partial charge in [-0.3, -0.25) is 0 Å². The number of aryl methyl sites for hydroxylation is 3. The normalized spacial score (nSPS) is 14.8. The van der Waals surface area contributed by atoms with Crippen molar-refractivity contribution in [2.75, 3.05) is 31.1 Å². The summed E-state index contributed by atoms with van der Waals surface area (Å²) in [6.45, 7) is 9.85. The number of imidazole rings is 1. The lowest BCUT2D eigenvalue weighted by Gasteiger charge is -2.29. The number of halogens is 1. The molecule has 0 amide bonds. The SMILES string of the molecule is Cc1cc(CO)c2nc(N3CCNCC3)n(Cc3cc(C)c(F)c(C)c3)c2c1. The highest BCUT2D eigenvalue weighted by Crippen LogP contribution is 2.29. The predicted octanol–water partition coefficient (Wildman–Crippen LogP) is 3.05. The monoisotopic (exact) mass is 382 g/mol. The highest BCUT2D eigenvalue weighted by Gasteiger charge is 2.21. The Morgan fingerprint density at radius 2 is 1.75 bits per heavy atom. The first-order chi connectivity index (χ1) is 13.5. The molecule has 6 heteroatoms. The Labute approximate surface area is 164 Å². The number of nitrogens with zero attached hydrogens (tertiary/aromatic N) is 3. The number of hydrogen-bond acceptors (Lipinski definition) is 4. The third-order valence-corrected chi connectivity index (χ3v) is 5.46. The lowest BCUT2D eigenvalue weighted by Crippen LogP contribution is -2.44. The molecule has 148 valence electrons. The van der Waals surface area contributed by atoms with Crippen LogP contribution < -0.4 is 10.2 Å². The molecule has 2 aromatic carbocycles. The Kier molecular flexibility index (Phi) is 5.08. The maximum Gasteiger partial charge on any atom is 0.206 e. The molecule has 4 rings (SSSR count). The second-order valence-electron chi connectivity index (χ2n) is 7.73. The van der Waals surface area contributed by atoms with Crippen molar-refractivity contribution in [2.45, 2.75) is 33.9 Å². The minimum Gasteiger partial charge on any atom is -0.392 e. The molecule has 0 unspecified atom stereocenters. The summed E-state index contributed by atoms with van der Waals surface area (Å²) in [6.07, 6.45) is 0. The van der Waals surface area contributed by atoms with Crippen LogP contribution in [0, 0.1) is 26.6 Å². The summed E-state index contributed by atoms with van der Waals surface area (Å²) in [5.74, 6) is 0.774. The number of piperazine rings is 1. The van der Waals surface area contributed by atoms with Gasteiger partial charge in [0.1, 0.15) is 5.82 Å². The summed E-state index contributed by atoms with van der Waals surface area (Å²) >= 11 is 0. The van der Waals surface area contributed by atoms with Crippen molar-refractivity contribution in [3.63, 3.8) is 0 Å². The molecule has 1 fully saturated rings. The second kappa shape index (κ2) is 7.53.